The molecule has 0 amide bonds. The predicted octanol–water partition coefficient (Wildman–Crippen LogP) is 1.57. The Morgan fingerprint density at radius 1 is 1.64 bits per heavy atom. The van der Waals surface area contributed by atoms with E-state index in [1.54, 1.807) is 0 Å². The Bertz CT molecular complexity index is 269. The van der Waals surface area contributed by atoms with Crippen LogP contribution in [0.5, 0.6) is 0 Å². The second-order valence-corrected chi connectivity index (χ2v) is 2.73. The molecule has 1 aromatic rings. The van der Waals surface area contributed by atoms with Crippen LogP contribution in [0.1, 0.15) is 36.3 Å². The fourth-order valence-electron chi connectivity index (χ4n) is 0.549. The van der Waals surface area contributed by atoms with Crippen LogP contribution in [-0.4, -0.2) is 15.4 Å². The van der Waals surface area contributed by atoms with Gasteiger partial charge in [0.2, 0.25) is 0 Å². The van der Waals surface area contributed by atoms with Gasteiger partial charge in [-0.05, 0) is 11.6 Å². The highest BCUT2D eigenvalue weighted by atomic mass is 35.5. The maximum atomic E-state index is 10.5. The molecule has 0 spiro atoms. The summed E-state index contributed by atoms with van der Waals surface area (Å²) in [6.07, 6.45) is 0. The Morgan fingerprint density at radius 3 is 2.55 bits per heavy atom. The van der Waals surface area contributed by atoms with Crippen LogP contribution in [0, 0.1) is 0 Å². The molecule has 0 aliphatic rings. The fourth-order valence-corrected chi connectivity index (χ4v) is 0.626. The van der Waals surface area contributed by atoms with E-state index in [4.69, 9.17) is 11.6 Å². The van der Waals surface area contributed by atoms with Crippen molar-refractivity contribution >= 4 is 16.8 Å². The molecule has 0 bridgehead atoms. The van der Waals surface area contributed by atoms with E-state index in [1.165, 1.54) is 0 Å². The Morgan fingerprint density at radius 2 is 2.27 bits per heavy atom. The summed E-state index contributed by atoms with van der Waals surface area (Å²) in [6.45, 7) is 3.79. The second kappa shape index (κ2) is 3.00. The summed E-state index contributed by atoms with van der Waals surface area (Å²) in [5.41, 5.74) is 0. The van der Waals surface area contributed by atoms with E-state index in [0.717, 1.165) is 0 Å². The third-order valence-electron chi connectivity index (χ3n) is 1.13. The molecule has 1 rings (SSSR count). The van der Waals surface area contributed by atoms with Gasteiger partial charge in [0.25, 0.3) is 0 Å². The number of carbonyl (C=O) groups excluding carboxylic acids is 1. The minimum absolute atomic E-state index is 0.142. The van der Waals surface area contributed by atoms with Gasteiger partial charge in [-0.15, -0.1) is 0 Å². The van der Waals surface area contributed by atoms with Gasteiger partial charge in [-0.1, -0.05) is 19.0 Å². The fraction of sp³-hybridized carbons (Fsp3) is 0.500. The summed E-state index contributed by atoms with van der Waals surface area (Å²) >= 11 is 5.09. The van der Waals surface area contributed by atoms with Crippen molar-refractivity contribution in [1.82, 2.24) is 10.1 Å². The van der Waals surface area contributed by atoms with E-state index >= 15 is 0 Å². The molecule has 4 nitrogen and oxygen atoms in total. The molecule has 0 atom stereocenters. The lowest BCUT2D eigenvalue weighted by Gasteiger charge is -1.91. The molecule has 0 N–H and O–H groups in total. The van der Waals surface area contributed by atoms with Crippen molar-refractivity contribution in [3.8, 4) is 0 Å². The lowest BCUT2D eigenvalue weighted by atomic mass is 10.2. The molecule has 0 aliphatic heterocycles. The maximum absolute atomic E-state index is 10.5. The van der Waals surface area contributed by atoms with Crippen molar-refractivity contribution in [3.05, 3.63) is 11.7 Å². The van der Waals surface area contributed by atoms with Gasteiger partial charge in [0.1, 0.15) is 0 Å². The van der Waals surface area contributed by atoms with Crippen molar-refractivity contribution in [3.63, 3.8) is 0 Å². The normalized spacial score (nSPS) is 10.5. The lowest BCUT2D eigenvalue weighted by molar-refractivity contribution is 0.104. The smallest absolute Gasteiger partial charge is 0.310 e. The molecular weight excluding hydrogens is 168 g/mol. The standard InChI is InChI=1S/C6H7ClN2O2/c1-3(2)5-8-6(4(7)10)11-9-5/h3H,1-2H3. The van der Waals surface area contributed by atoms with Crippen LogP contribution in [0.2, 0.25) is 0 Å². The van der Waals surface area contributed by atoms with E-state index in [-0.39, 0.29) is 11.8 Å². The Balaban J connectivity index is 2.90. The van der Waals surface area contributed by atoms with E-state index in [1.807, 2.05) is 13.8 Å². The predicted molar refractivity (Wildman–Crippen MR) is 38.6 cm³/mol. The zero-order valence-corrected chi connectivity index (χ0v) is 6.92. The van der Waals surface area contributed by atoms with E-state index in [0.29, 0.717) is 5.82 Å². The number of hydrogen-bond donors (Lipinski definition) is 0. The van der Waals surface area contributed by atoms with Crippen LogP contribution >= 0.6 is 11.6 Å². The molecule has 1 aromatic heterocycles. The molecule has 0 saturated heterocycles. The summed E-state index contributed by atoms with van der Waals surface area (Å²) in [4.78, 5) is 14.2. The molecule has 0 aliphatic carbocycles. The van der Waals surface area contributed by atoms with Crippen LogP contribution in [0.3, 0.4) is 0 Å². The third kappa shape index (κ3) is 1.77. The molecule has 11 heavy (non-hydrogen) atoms. The zero-order valence-electron chi connectivity index (χ0n) is 6.17. The molecule has 5 heteroatoms. The number of hydrogen-bond acceptors (Lipinski definition) is 4. The van der Waals surface area contributed by atoms with Gasteiger partial charge in [0, 0.05) is 5.92 Å². The summed E-state index contributed by atoms with van der Waals surface area (Å²) < 4.78 is 4.54. The minimum atomic E-state index is -0.718. The van der Waals surface area contributed by atoms with Crippen molar-refractivity contribution in [1.29, 1.82) is 0 Å². The van der Waals surface area contributed by atoms with Crippen LogP contribution in [-0.2, 0) is 0 Å². The van der Waals surface area contributed by atoms with Gasteiger partial charge in [-0.25, -0.2) is 0 Å². The number of nitrogens with zero attached hydrogens (tertiary/aromatic N) is 2. The first kappa shape index (κ1) is 8.20. The summed E-state index contributed by atoms with van der Waals surface area (Å²) in [5.74, 6) is 0.493. The molecule has 1 heterocycles. The van der Waals surface area contributed by atoms with Gasteiger partial charge < -0.3 is 4.52 Å². The molecule has 0 radical (unpaired) electrons. The van der Waals surface area contributed by atoms with E-state index < -0.39 is 5.24 Å². The largest absolute Gasteiger partial charge is 0.329 e. The Hall–Kier alpha value is -0.900. The number of halogens is 1. The van der Waals surface area contributed by atoms with Gasteiger partial charge >= 0.3 is 11.1 Å². The Kier molecular flexibility index (Phi) is 2.24. The second-order valence-electron chi connectivity index (χ2n) is 2.39. The third-order valence-corrected chi connectivity index (χ3v) is 1.29. The van der Waals surface area contributed by atoms with Crippen molar-refractivity contribution < 1.29 is 9.32 Å². The van der Waals surface area contributed by atoms with Crippen LogP contribution in [0.4, 0.5) is 0 Å². The van der Waals surface area contributed by atoms with Gasteiger partial charge in [-0.3, -0.25) is 4.79 Å². The molecule has 0 aromatic carbocycles. The van der Waals surface area contributed by atoms with Crippen LogP contribution < -0.4 is 0 Å². The van der Waals surface area contributed by atoms with E-state index in [2.05, 4.69) is 14.7 Å². The molecule has 0 unspecified atom stereocenters. The van der Waals surface area contributed by atoms with E-state index in [9.17, 15) is 4.79 Å². The molecule has 60 valence electrons. The zero-order chi connectivity index (χ0) is 8.43. The van der Waals surface area contributed by atoms with Crippen molar-refractivity contribution in [2.24, 2.45) is 0 Å². The summed E-state index contributed by atoms with van der Waals surface area (Å²) in [7, 11) is 0. The van der Waals surface area contributed by atoms with Gasteiger partial charge in [-0.2, -0.15) is 4.98 Å². The minimum Gasteiger partial charge on any atom is -0.329 e. The van der Waals surface area contributed by atoms with Gasteiger partial charge in [0.15, 0.2) is 5.82 Å². The average molecular weight is 175 g/mol. The molecular formula is C6H7ClN2O2. The lowest BCUT2D eigenvalue weighted by Crippen LogP contribution is -1.92. The summed E-state index contributed by atoms with van der Waals surface area (Å²) in [6, 6.07) is 0. The SMILES string of the molecule is CC(C)c1noc(C(=O)Cl)n1. The van der Waals surface area contributed by atoms with Crippen molar-refractivity contribution in [2.45, 2.75) is 19.8 Å². The topological polar surface area (TPSA) is 56.0 Å². The number of rotatable bonds is 2. The molecule has 0 saturated carbocycles. The highest BCUT2D eigenvalue weighted by Crippen LogP contribution is 2.10. The van der Waals surface area contributed by atoms with Crippen molar-refractivity contribution in [2.75, 3.05) is 0 Å². The summed E-state index contributed by atoms with van der Waals surface area (Å²) in [5, 5.41) is 2.83. The highest BCUT2D eigenvalue weighted by molar-refractivity contribution is 6.67. The maximum Gasteiger partial charge on any atom is 0.310 e. The van der Waals surface area contributed by atoms with Crippen LogP contribution in [0.15, 0.2) is 4.52 Å². The number of aromatic nitrogens is 2. The highest BCUT2D eigenvalue weighted by Gasteiger charge is 2.13. The van der Waals surface area contributed by atoms with Gasteiger partial charge in [0.05, 0.1) is 0 Å². The first-order valence-corrected chi connectivity index (χ1v) is 3.52. The quantitative estimate of drug-likeness (QED) is 0.639. The average Bonchev–Trinajstić information content (AvgIpc) is 2.33. The monoisotopic (exact) mass is 174 g/mol. The molecule has 0 fully saturated rings. The Labute approximate surface area is 68.5 Å². The van der Waals surface area contributed by atoms with Crippen LogP contribution in [0.25, 0.3) is 0 Å². The first-order chi connectivity index (χ1) is 5.11. The number of carbonyl (C=O) groups is 1. The first-order valence-electron chi connectivity index (χ1n) is 3.14.